The molecule has 0 atom stereocenters. The summed E-state index contributed by atoms with van der Waals surface area (Å²) in [7, 11) is 0. The zero-order valence-electron chi connectivity index (χ0n) is 15.6. The SMILES string of the molecule is Cc1c(C2CC2)cnc(N2CCN(C(=O)c3ccc(Br)cc3F)CC2)c1C. The number of hydrogen-bond donors (Lipinski definition) is 0. The number of nitrogens with zero attached hydrogens (tertiary/aromatic N) is 3. The van der Waals surface area contributed by atoms with Gasteiger partial charge in [-0.15, -0.1) is 0 Å². The highest BCUT2D eigenvalue weighted by Gasteiger charge is 2.29. The van der Waals surface area contributed by atoms with Crippen LogP contribution in [0.5, 0.6) is 0 Å². The second kappa shape index (κ2) is 7.23. The molecule has 6 heteroatoms. The summed E-state index contributed by atoms with van der Waals surface area (Å²) in [5, 5.41) is 0. The van der Waals surface area contributed by atoms with Crippen molar-refractivity contribution in [2.75, 3.05) is 31.1 Å². The van der Waals surface area contributed by atoms with Crippen LogP contribution in [-0.2, 0) is 0 Å². The van der Waals surface area contributed by atoms with E-state index in [1.54, 1.807) is 17.0 Å². The Balaban J connectivity index is 1.46. The van der Waals surface area contributed by atoms with Gasteiger partial charge in [-0.3, -0.25) is 4.79 Å². The number of pyridine rings is 1. The molecule has 0 unspecified atom stereocenters. The van der Waals surface area contributed by atoms with Crippen molar-refractivity contribution in [3.63, 3.8) is 0 Å². The molecule has 1 aromatic heterocycles. The molecule has 2 aliphatic rings. The first-order valence-electron chi connectivity index (χ1n) is 9.41. The third kappa shape index (κ3) is 3.59. The zero-order chi connectivity index (χ0) is 19.1. The minimum absolute atomic E-state index is 0.130. The van der Waals surface area contributed by atoms with E-state index in [1.807, 2.05) is 6.20 Å². The van der Waals surface area contributed by atoms with Crippen molar-refractivity contribution in [1.82, 2.24) is 9.88 Å². The van der Waals surface area contributed by atoms with Gasteiger partial charge in [-0.05, 0) is 67.5 Å². The molecule has 2 fully saturated rings. The molecule has 1 aliphatic heterocycles. The molecule has 1 saturated carbocycles. The Morgan fingerprint density at radius 2 is 1.85 bits per heavy atom. The molecule has 4 nitrogen and oxygen atoms in total. The summed E-state index contributed by atoms with van der Waals surface area (Å²) in [6.45, 7) is 6.88. The molecular weight excluding hydrogens is 409 g/mol. The molecule has 27 heavy (non-hydrogen) atoms. The standard InChI is InChI=1S/C21H23BrFN3O/c1-13-14(2)20(24-12-18(13)15-3-4-15)25-7-9-26(10-8-25)21(27)17-6-5-16(22)11-19(17)23/h5-6,11-12,15H,3-4,7-10H2,1-2H3. The summed E-state index contributed by atoms with van der Waals surface area (Å²) in [6, 6.07) is 4.57. The van der Waals surface area contributed by atoms with Crippen LogP contribution < -0.4 is 4.90 Å². The van der Waals surface area contributed by atoms with Crippen LogP contribution in [0, 0.1) is 19.7 Å². The van der Waals surface area contributed by atoms with Crippen LogP contribution in [-0.4, -0.2) is 42.0 Å². The molecule has 1 aliphatic carbocycles. The Morgan fingerprint density at radius 1 is 1.15 bits per heavy atom. The fourth-order valence-corrected chi connectivity index (χ4v) is 4.12. The van der Waals surface area contributed by atoms with Crippen molar-refractivity contribution >= 4 is 27.7 Å². The van der Waals surface area contributed by atoms with E-state index in [0.29, 0.717) is 36.6 Å². The monoisotopic (exact) mass is 431 g/mol. The summed E-state index contributed by atoms with van der Waals surface area (Å²) in [6.07, 6.45) is 4.58. The third-order valence-corrected chi connectivity index (χ3v) is 6.20. The highest BCUT2D eigenvalue weighted by atomic mass is 79.9. The normalized spacial score (nSPS) is 17.3. The fourth-order valence-electron chi connectivity index (χ4n) is 3.79. The molecule has 2 heterocycles. The lowest BCUT2D eigenvalue weighted by Crippen LogP contribution is -2.49. The van der Waals surface area contributed by atoms with E-state index in [-0.39, 0.29) is 11.5 Å². The minimum atomic E-state index is -0.486. The van der Waals surface area contributed by atoms with Crippen LogP contribution in [0.2, 0.25) is 0 Å². The second-order valence-electron chi connectivity index (χ2n) is 7.46. The van der Waals surface area contributed by atoms with Crippen LogP contribution in [0.25, 0.3) is 0 Å². The number of amides is 1. The van der Waals surface area contributed by atoms with E-state index < -0.39 is 5.82 Å². The van der Waals surface area contributed by atoms with Crippen molar-refractivity contribution in [2.45, 2.75) is 32.6 Å². The molecule has 0 bridgehead atoms. The first-order chi connectivity index (χ1) is 13.0. The van der Waals surface area contributed by atoms with E-state index in [4.69, 9.17) is 4.98 Å². The molecule has 0 N–H and O–H groups in total. The predicted octanol–water partition coefficient (Wildman–Crippen LogP) is 4.44. The number of aromatic nitrogens is 1. The van der Waals surface area contributed by atoms with Gasteiger partial charge in [-0.25, -0.2) is 9.37 Å². The van der Waals surface area contributed by atoms with Crippen molar-refractivity contribution in [1.29, 1.82) is 0 Å². The number of piperazine rings is 1. The van der Waals surface area contributed by atoms with Crippen LogP contribution >= 0.6 is 15.9 Å². The molecule has 0 radical (unpaired) electrons. The number of halogens is 2. The lowest BCUT2D eigenvalue weighted by Gasteiger charge is -2.36. The maximum atomic E-state index is 14.1. The first kappa shape index (κ1) is 18.4. The molecule has 4 rings (SSSR count). The smallest absolute Gasteiger partial charge is 0.256 e. The first-order valence-corrected chi connectivity index (χ1v) is 10.2. The van der Waals surface area contributed by atoms with Crippen LogP contribution in [0.15, 0.2) is 28.9 Å². The summed E-state index contributed by atoms with van der Waals surface area (Å²) in [5.41, 5.74) is 4.09. The van der Waals surface area contributed by atoms with Crippen molar-refractivity contribution < 1.29 is 9.18 Å². The third-order valence-electron chi connectivity index (χ3n) is 5.70. The van der Waals surface area contributed by atoms with Crippen LogP contribution in [0.3, 0.4) is 0 Å². The lowest BCUT2D eigenvalue weighted by molar-refractivity contribution is 0.0741. The fraction of sp³-hybridized carbons (Fsp3) is 0.429. The van der Waals surface area contributed by atoms with Gasteiger partial charge in [0, 0.05) is 36.8 Å². The number of anilines is 1. The number of rotatable bonds is 3. The van der Waals surface area contributed by atoms with E-state index in [0.717, 1.165) is 5.82 Å². The Labute approximate surface area is 167 Å². The Hall–Kier alpha value is -1.95. The quantitative estimate of drug-likeness (QED) is 0.720. The predicted molar refractivity (Wildman–Crippen MR) is 108 cm³/mol. The Kier molecular flexibility index (Phi) is 4.93. The number of carbonyl (C=O) groups is 1. The summed E-state index contributed by atoms with van der Waals surface area (Å²) < 4.78 is 14.7. The van der Waals surface area contributed by atoms with Crippen molar-refractivity contribution in [2.24, 2.45) is 0 Å². The van der Waals surface area contributed by atoms with Gasteiger partial charge < -0.3 is 9.80 Å². The topological polar surface area (TPSA) is 36.4 Å². The number of carbonyl (C=O) groups excluding carboxylic acids is 1. The van der Waals surface area contributed by atoms with Gasteiger partial charge >= 0.3 is 0 Å². The van der Waals surface area contributed by atoms with Crippen molar-refractivity contribution in [3.05, 3.63) is 56.9 Å². The van der Waals surface area contributed by atoms with Crippen LogP contribution in [0.4, 0.5) is 10.2 Å². The second-order valence-corrected chi connectivity index (χ2v) is 8.38. The van der Waals surface area contributed by atoms with Crippen molar-refractivity contribution in [3.8, 4) is 0 Å². The van der Waals surface area contributed by atoms with E-state index >= 15 is 0 Å². The molecular formula is C21H23BrFN3O. The number of benzene rings is 1. The Morgan fingerprint density at radius 3 is 2.48 bits per heavy atom. The van der Waals surface area contributed by atoms with Gasteiger partial charge in [0.1, 0.15) is 11.6 Å². The lowest BCUT2D eigenvalue weighted by atomic mass is 10.0. The molecule has 2 aromatic rings. The molecule has 1 amide bonds. The van der Waals surface area contributed by atoms with Gasteiger partial charge in [0.15, 0.2) is 0 Å². The maximum absolute atomic E-state index is 14.1. The van der Waals surface area contributed by atoms with Gasteiger partial charge in [0.05, 0.1) is 5.56 Å². The average Bonchev–Trinajstić information content (AvgIpc) is 3.49. The highest BCUT2D eigenvalue weighted by molar-refractivity contribution is 9.10. The van der Waals surface area contributed by atoms with Gasteiger partial charge in [0.25, 0.3) is 5.91 Å². The molecule has 1 saturated heterocycles. The van der Waals surface area contributed by atoms with E-state index in [2.05, 4.69) is 34.7 Å². The summed E-state index contributed by atoms with van der Waals surface area (Å²) in [5.74, 6) is 0.976. The maximum Gasteiger partial charge on any atom is 0.256 e. The highest BCUT2D eigenvalue weighted by Crippen LogP contribution is 2.42. The van der Waals surface area contributed by atoms with E-state index in [1.165, 1.54) is 35.6 Å². The minimum Gasteiger partial charge on any atom is -0.353 e. The Bertz CT molecular complexity index is 889. The molecule has 0 spiro atoms. The molecule has 1 aromatic carbocycles. The van der Waals surface area contributed by atoms with Gasteiger partial charge in [0.2, 0.25) is 0 Å². The molecule has 142 valence electrons. The summed E-state index contributed by atoms with van der Waals surface area (Å²) >= 11 is 3.23. The number of hydrogen-bond acceptors (Lipinski definition) is 3. The average molecular weight is 432 g/mol. The van der Waals surface area contributed by atoms with Crippen LogP contribution in [0.1, 0.15) is 45.8 Å². The summed E-state index contributed by atoms with van der Waals surface area (Å²) in [4.78, 5) is 21.4. The van der Waals surface area contributed by atoms with Gasteiger partial charge in [-0.2, -0.15) is 0 Å². The largest absolute Gasteiger partial charge is 0.353 e. The zero-order valence-corrected chi connectivity index (χ0v) is 17.2. The van der Waals surface area contributed by atoms with E-state index in [9.17, 15) is 9.18 Å². The van der Waals surface area contributed by atoms with Gasteiger partial charge in [-0.1, -0.05) is 15.9 Å².